The predicted octanol–water partition coefficient (Wildman–Crippen LogP) is 4.29. The number of hydrogen-bond acceptors (Lipinski definition) is 2. The van der Waals surface area contributed by atoms with Crippen LogP contribution in [0.25, 0.3) is 0 Å². The van der Waals surface area contributed by atoms with Crippen LogP contribution < -0.4 is 0 Å². The first-order chi connectivity index (χ1) is 10.2. The quantitative estimate of drug-likeness (QED) is 0.657. The molecule has 5 rings (SSSR count). The lowest BCUT2D eigenvalue weighted by Crippen LogP contribution is -2.35. The van der Waals surface area contributed by atoms with Gasteiger partial charge in [-0.05, 0) is 43.9 Å². The lowest BCUT2D eigenvalue weighted by molar-refractivity contribution is 0.275. The van der Waals surface area contributed by atoms with Gasteiger partial charge in [0.2, 0.25) is 0 Å². The second-order valence-corrected chi connectivity index (χ2v) is 8.27. The Labute approximate surface area is 131 Å². The maximum absolute atomic E-state index is 2.79. The Bertz CT molecular complexity index is 687. The minimum atomic E-state index is 0.614. The Morgan fingerprint density at radius 1 is 1.24 bits per heavy atom. The maximum atomic E-state index is 2.79. The largest absolute Gasteiger partial charge is 0.285 e. The molecule has 0 saturated carbocycles. The van der Waals surface area contributed by atoms with Crippen molar-refractivity contribution in [2.24, 2.45) is 0 Å². The molecule has 0 bridgehead atoms. The van der Waals surface area contributed by atoms with E-state index in [1.54, 1.807) is 21.6 Å². The summed E-state index contributed by atoms with van der Waals surface area (Å²) in [6, 6.07) is 8.35. The third-order valence-electron chi connectivity index (χ3n) is 5.85. The number of hydrogen-bond donors (Lipinski definition) is 0. The van der Waals surface area contributed by atoms with Crippen LogP contribution in [0.1, 0.15) is 36.8 Å². The molecule has 1 nitrogen and oxygen atoms in total. The van der Waals surface area contributed by atoms with Gasteiger partial charge in [0.05, 0.1) is 6.04 Å². The van der Waals surface area contributed by atoms with Crippen molar-refractivity contribution in [1.29, 1.82) is 0 Å². The summed E-state index contributed by atoms with van der Waals surface area (Å²) in [5, 5.41) is 0.763. The first-order valence-corrected chi connectivity index (χ1v) is 9.01. The molecule has 1 aromatic rings. The van der Waals surface area contributed by atoms with E-state index in [0.717, 1.165) is 11.2 Å². The molecule has 4 unspecified atom stereocenters. The molecule has 3 heterocycles. The Hall–Kier alpha value is -0.990. The summed E-state index contributed by atoms with van der Waals surface area (Å²) in [6.07, 6.45) is 7.38. The van der Waals surface area contributed by atoms with Crippen LogP contribution in [0.15, 0.2) is 46.4 Å². The molecule has 3 aliphatic heterocycles. The van der Waals surface area contributed by atoms with Crippen molar-refractivity contribution in [2.45, 2.75) is 54.8 Å². The molecule has 0 N–H and O–H groups in total. The van der Waals surface area contributed by atoms with Gasteiger partial charge in [-0.15, -0.1) is 11.8 Å². The van der Waals surface area contributed by atoms with Gasteiger partial charge in [-0.2, -0.15) is 0 Å². The van der Waals surface area contributed by atoms with Gasteiger partial charge < -0.3 is 0 Å². The van der Waals surface area contributed by atoms with Crippen molar-refractivity contribution in [1.82, 2.24) is 4.90 Å². The van der Waals surface area contributed by atoms with E-state index in [1.807, 2.05) is 0 Å². The molecule has 4 atom stereocenters. The SMILES string of the molecule is CC1=C2CCC=CC2N2CC3Sc4ccc(C)cc4C3C12. The Kier molecular flexibility index (Phi) is 2.55. The van der Waals surface area contributed by atoms with Gasteiger partial charge in [-0.1, -0.05) is 35.4 Å². The Morgan fingerprint density at radius 2 is 2.14 bits per heavy atom. The third-order valence-corrected chi connectivity index (χ3v) is 7.23. The number of aryl methyl sites for hydroxylation is 1. The van der Waals surface area contributed by atoms with Crippen molar-refractivity contribution in [3.8, 4) is 0 Å². The lowest BCUT2D eigenvalue weighted by Gasteiger charge is -2.27. The van der Waals surface area contributed by atoms with Gasteiger partial charge >= 0.3 is 0 Å². The molecule has 1 aromatic carbocycles. The molecule has 4 aliphatic rings. The summed E-state index contributed by atoms with van der Waals surface area (Å²) < 4.78 is 0. The van der Waals surface area contributed by atoms with Crippen LogP contribution in [0.4, 0.5) is 0 Å². The molecule has 0 radical (unpaired) electrons. The molecule has 0 aromatic heterocycles. The fourth-order valence-corrected chi connectivity index (χ4v) is 6.48. The lowest BCUT2D eigenvalue weighted by atomic mass is 9.85. The zero-order chi connectivity index (χ0) is 14.1. The van der Waals surface area contributed by atoms with Crippen molar-refractivity contribution in [3.63, 3.8) is 0 Å². The summed E-state index contributed by atoms with van der Waals surface area (Å²) in [5.41, 5.74) is 6.45. The van der Waals surface area contributed by atoms with Gasteiger partial charge in [0.1, 0.15) is 0 Å². The summed E-state index contributed by atoms with van der Waals surface area (Å²) in [5.74, 6) is 0.719. The molecule has 2 heteroatoms. The van der Waals surface area contributed by atoms with Gasteiger partial charge in [-0.3, -0.25) is 4.90 Å². The molecule has 108 valence electrons. The number of benzene rings is 1. The molecule has 1 aliphatic carbocycles. The fraction of sp³-hybridized carbons (Fsp3) is 0.474. The molecule has 0 spiro atoms. The van der Waals surface area contributed by atoms with Crippen molar-refractivity contribution in [2.75, 3.05) is 6.54 Å². The number of allylic oxidation sites excluding steroid dienone is 1. The molecule has 0 amide bonds. The molecule has 1 saturated heterocycles. The molecule has 1 fully saturated rings. The summed E-state index contributed by atoms with van der Waals surface area (Å²) >= 11 is 2.13. The van der Waals surface area contributed by atoms with Gasteiger partial charge in [0, 0.05) is 28.6 Å². The maximum Gasteiger partial charge on any atom is 0.0501 e. The first-order valence-electron chi connectivity index (χ1n) is 8.13. The summed E-state index contributed by atoms with van der Waals surface area (Å²) in [6.45, 7) is 5.89. The Balaban J connectivity index is 1.62. The van der Waals surface area contributed by atoms with Crippen molar-refractivity contribution >= 4 is 11.8 Å². The van der Waals surface area contributed by atoms with E-state index in [-0.39, 0.29) is 0 Å². The number of rotatable bonds is 0. The zero-order valence-corrected chi connectivity index (χ0v) is 13.5. The highest BCUT2D eigenvalue weighted by molar-refractivity contribution is 8.00. The zero-order valence-electron chi connectivity index (χ0n) is 12.7. The van der Waals surface area contributed by atoms with Gasteiger partial charge in [-0.25, -0.2) is 0 Å². The minimum Gasteiger partial charge on any atom is -0.285 e. The van der Waals surface area contributed by atoms with E-state index < -0.39 is 0 Å². The van der Waals surface area contributed by atoms with E-state index in [1.165, 1.54) is 24.9 Å². The topological polar surface area (TPSA) is 3.24 Å². The highest BCUT2D eigenvalue weighted by Gasteiger charge is 2.53. The Morgan fingerprint density at radius 3 is 3.05 bits per heavy atom. The van der Waals surface area contributed by atoms with Crippen molar-refractivity contribution in [3.05, 3.63) is 52.6 Å². The highest BCUT2D eigenvalue weighted by atomic mass is 32.2. The number of fused-ring (bicyclic) bond motifs is 7. The van der Waals surface area contributed by atoms with E-state index in [0.29, 0.717) is 12.1 Å². The van der Waals surface area contributed by atoms with E-state index in [9.17, 15) is 0 Å². The van der Waals surface area contributed by atoms with Gasteiger partial charge in [0.15, 0.2) is 0 Å². The monoisotopic (exact) mass is 295 g/mol. The van der Waals surface area contributed by atoms with Crippen LogP contribution in [0.5, 0.6) is 0 Å². The number of thioether (sulfide) groups is 1. The molecule has 21 heavy (non-hydrogen) atoms. The average Bonchev–Trinajstić information content (AvgIpc) is 3.09. The fourth-order valence-electron chi connectivity index (χ4n) is 4.99. The van der Waals surface area contributed by atoms with Crippen LogP contribution in [-0.2, 0) is 0 Å². The van der Waals surface area contributed by atoms with Crippen LogP contribution in [-0.4, -0.2) is 28.8 Å². The van der Waals surface area contributed by atoms with E-state index >= 15 is 0 Å². The molecular formula is C19H21NS. The normalized spacial score (nSPS) is 36.7. The van der Waals surface area contributed by atoms with Crippen molar-refractivity contribution < 1.29 is 0 Å². The third kappa shape index (κ3) is 1.58. The minimum absolute atomic E-state index is 0.614. The second-order valence-electron chi connectivity index (χ2n) is 6.98. The molecular weight excluding hydrogens is 274 g/mol. The number of nitrogens with zero attached hydrogens (tertiary/aromatic N) is 1. The van der Waals surface area contributed by atoms with Crippen LogP contribution in [0, 0.1) is 6.92 Å². The summed E-state index contributed by atoms with van der Waals surface area (Å²) in [7, 11) is 0. The van der Waals surface area contributed by atoms with Crippen LogP contribution in [0.3, 0.4) is 0 Å². The van der Waals surface area contributed by atoms with E-state index in [2.05, 4.69) is 60.9 Å². The average molecular weight is 295 g/mol. The smallest absolute Gasteiger partial charge is 0.0501 e. The highest BCUT2D eigenvalue weighted by Crippen LogP contribution is 2.57. The standard InChI is InChI=1S/C19H21NS/c1-11-7-8-16-14(9-11)18-17(21-16)10-20-15-6-4-3-5-13(15)12(2)19(18)20/h4,6-9,15,17-19H,3,5,10H2,1-2H3. The second kappa shape index (κ2) is 4.27. The van der Waals surface area contributed by atoms with Crippen LogP contribution in [0.2, 0.25) is 0 Å². The summed E-state index contributed by atoms with van der Waals surface area (Å²) in [4.78, 5) is 4.33. The van der Waals surface area contributed by atoms with Gasteiger partial charge in [0.25, 0.3) is 0 Å². The predicted molar refractivity (Wildman–Crippen MR) is 88.9 cm³/mol. The van der Waals surface area contributed by atoms with Crippen LogP contribution >= 0.6 is 11.8 Å². The van der Waals surface area contributed by atoms with E-state index in [4.69, 9.17) is 0 Å². The first kappa shape index (κ1) is 12.5.